The molecule has 1 N–H and O–H groups in total. The second-order valence-corrected chi connectivity index (χ2v) is 3.81. The summed E-state index contributed by atoms with van der Waals surface area (Å²) >= 11 is 0. The van der Waals surface area contributed by atoms with E-state index in [-0.39, 0.29) is 11.6 Å². The molecule has 0 saturated heterocycles. The largest absolute Gasteiger partial charge is 0.361 e. The van der Waals surface area contributed by atoms with Gasteiger partial charge in [-0.3, -0.25) is 4.79 Å². The zero-order chi connectivity index (χ0) is 12.4. The Morgan fingerprint density at radius 3 is 2.59 bits per heavy atom. The summed E-state index contributed by atoms with van der Waals surface area (Å²) in [5.74, 6) is 1.04. The second-order valence-electron chi connectivity index (χ2n) is 3.81. The maximum Gasteiger partial charge on any atom is 0.273 e. The molecule has 6 nitrogen and oxygen atoms in total. The Morgan fingerprint density at radius 2 is 2.06 bits per heavy atom. The summed E-state index contributed by atoms with van der Waals surface area (Å²) in [5, 5.41) is 10.2. The summed E-state index contributed by atoms with van der Waals surface area (Å²) in [6.07, 6.45) is 0. The standard InChI is InChI=1S/C11H13N3O3/c1-6-4-10(14-16-6)11(15)12-5-9-7(2)13-17-8(9)3/h4H,5H2,1-3H3,(H,12,15). The maximum atomic E-state index is 11.7. The van der Waals surface area contributed by atoms with E-state index in [0.717, 1.165) is 11.3 Å². The summed E-state index contributed by atoms with van der Waals surface area (Å²) in [7, 11) is 0. The van der Waals surface area contributed by atoms with Crippen LogP contribution in [0.5, 0.6) is 0 Å². The zero-order valence-corrected chi connectivity index (χ0v) is 9.90. The first-order valence-electron chi connectivity index (χ1n) is 5.21. The second kappa shape index (κ2) is 4.40. The monoisotopic (exact) mass is 235 g/mol. The molecule has 1 amide bonds. The number of rotatable bonds is 3. The van der Waals surface area contributed by atoms with Crippen molar-refractivity contribution in [3.63, 3.8) is 0 Å². The van der Waals surface area contributed by atoms with E-state index in [0.29, 0.717) is 18.1 Å². The van der Waals surface area contributed by atoms with Gasteiger partial charge in [0.1, 0.15) is 11.5 Å². The van der Waals surface area contributed by atoms with Crippen molar-refractivity contribution in [3.8, 4) is 0 Å². The maximum absolute atomic E-state index is 11.7. The molecule has 0 atom stereocenters. The van der Waals surface area contributed by atoms with Gasteiger partial charge in [0.2, 0.25) is 0 Å². The smallest absolute Gasteiger partial charge is 0.273 e. The molecule has 0 aliphatic heterocycles. The van der Waals surface area contributed by atoms with Gasteiger partial charge in [-0.05, 0) is 20.8 Å². The summed E-state index contributed by atoms with van der Waals surface area (Å²) in [6.45, 7) is 5.74. The van der Waals surface area contributed by atoms with E-state index >= 15 is 0 Å². The molecule has 2 aromatic rings. The molecule has 2 rings (SSSR count). The van der Waals surface area contributed by atoms with Crippen molar-refractivity contribution in [1.29, 1.82) is 0 Å². The fourth-order valence-corrected chi connectivity index (χ4v) is 1.49. The van der Waals surface area contributed by atoms with Crippen molar-refractivity contribution in [2.75, 3.05) is 0 Å². The molecule has 0 bridgehead atoms. The van der Waals surface area contributed by atoms with Gasteiger partial charge in [0.15, 0.2) is 5.69 Å². The highest BCUT2D eigenvalue weighted by atomic mass is 16.5. The van der Waals surface area contributed by atoms with Crippen molar-refractivity contribution in [2.24, 2.45) is 0 Å². The highest BCUT2D eigenvalue weighted by molar-refractivity contribution is 5.92. The molecule has 2 aromatic heterocycles. The highest BCUT2D eigenvalue weighted by Crippen LogP contribution is 2.11. The lowest BCUT2D eigenvalue weighted by Crippen LogP contribution is -2.23. The number of hydrogen-bond donors (Lipinski definition) is 1. The van der Waals surface area contributed by atoms with Crippen LogP contribution < -0.4 is 5.32 Å². The molecule has 6 heteroatoms. The molecule has 2 heterocycles. The van der Waals surface area contributed by atoms with E-state index in [1.165, 1.54) is 0 Å². The van der Waals surface area contributed by atoms with Crippen molar-refractivity contribution in [1.82, 2.24) is 15.6 Å². The van der Waals surface area contributed by atoms with Gasteiger partial charge >= 0.3 is 0 Å². The van der Waals surface area contributed by atoms with E-state index in [2.05, 4.69) is 15.6 Å². The minimum atomic E-state index is -0.276. The molecule has 0 spiro atoms. The molecular weight excluding hydrogens is 222 g/mol. The molecule has 0 aromatic carbocycles. The topological polar surface area (TPSA) is 81.2 Å². The van der Waals surface area contributed by atoms with Gasteiger partial charge in [0, 0.05) is 18.2 Å². The van der Waals surface area contributed by atoms with Crippen molar-refractivity contribution in [3.05, 3.63) is 34.5 Å². The molecular formula is C11H13N3O3. The first-order valence-corrected chi connectivity index (χ1v) is 5.21. The molecule has 0 aliphatic carbocycles. The average molecular weight is 235 g/mol. The van der Waals surface area contributed by atoms with Crippen LogP contribution in [0.15, 0.2) is 15.1 Å². The minimum absolute atomic E-state index is 0.272. The van der Waals surface area contributed by atoms with Crippen LogP contribution >= 0.6 is 0 Å². The van der Waals surface area contributed by atoms with Gasteiger partial charge in [-0.1, -0.05) is 10.3 Å². The fourth-order valence-electron chi connectivity index (χ4n) is 1.49. The predicted molar refractivity (Wildman–Crippen MR) is 58.4 cm³/mol. The summed E-state index contributed by atoms with van der Waals surface area (Å²) in [6, 6.07) is 1.59. The third-order valence-electron chi connectivity index (χ3n) is 2.47. The van der Waals surface area contributed by atoms with Crippen LogP contribution in [0.4, 0.5) is 0 Å². The Morgan fingerprint density at radius 1 is 1.29 bits per heavy atom. The van der Waals surface area contributed by atoms with Crippen LogP contribution in [-0.2, 0) is 6.54 Å². The van der Waals surface area contributed by atoms with E-state index in [4.69, 9.17) is 9.05 Å². The van der Waals surface area contributed by atoms with Crippen LogP contribution in [0.25, 0.3) is 0 Å². The number of nitrogens with zero attached hydrogens (tertiary/aromatic N) is 2. The SMILES string of the molecule is Cc1cc(C(=O)NCc2c(C)noc2C)no1. The lowest BCUT2D eigenvalue weighted by atomic mass is 10.2. The third-order valence-corrected chi connectivity index (χ3v) is 2.47. The normalized spacial score (nSPS) is 10.5. The molecule has 0 fully saturated rings. The molecule has 17 heavy (non-hydrogen) atoms. The quantitative estimate of drug-likeness (QED) is 0.872. The Kier molecular flexibility index (Phi) is 2.95. The van der Waals surface area contributed by atoms with Gasteiger partial charge in [-0.25, -0.2) is 0 Å². The van der Waals surface area contributed by atoms with Gasteiger partial charge in [-0.2, -0.15) is 0 Å². The fraction of sp³-hybridized carbons (Fsp3) is 0.364. The summed E-state index contributed by atoms with van der Waals surface area (Å²) in [5.41, 5.74) is 1.94. The number of carbonyl (C=O) groups is 1. The molecule has 0 radical (unpaired) electrons. The summed E-state index contributed by atoms with van der Waals surface area (Å²) < 4.78 is 9.83. The first kappa shape index (κ1) is 11.4. The number of amides is 1. The van der Waals surface area contributed by atoms with Crippen LogP contribution in [0.3, 0.4) is 0 Å². The molecule has 0 saturated carbocycles. The van der Waals surface area contributed by atoms with Crippen molar-refractivity contribution in [2.45, 2.75) is 27.3 Å². The van der Waals surface area contributed by atoms with E-state index in [1.54, 1.807) is 13.0 Å². The van der Waals surface area contributed by atoms with Gasteiger partial charge in [0.25, 0.3) is 5.91 Å². The Hall–Kier alpha value is -2.11. The first-order chi connectivity index (χ1) is 8.08. The predicted octanol–water partition coefficient (Wildman–Crippen LogP) is 1.52. The van der Waals surface area contributed by atoms with E-state index in [1.807, 2.05) is 13.8 Å². The van der Waals surface area contributed by atoms with E-state index in [9.17, 15) is 4.79 Å². The van der Waals surface area contributed by atoms with Crippen LogP contribution in [0.2, 0.25) is 0 Å². The number of carbonyl (C=O) groups excluding carboxylic acids is 1. The number of hydrogen-bond acceptors (Lipinski definition) is 5. The number of aryl methyl sites for hydroxylation is 3. The van der Waals surface area contributed by atoms with Gasteiger partial charge in [-0.15, -0.1) is 0 Å². The number of aromatic nitrogens is 2. The van der Waals surface area contributed by atoms with Gasteiger partial charge < -0.3 is 14.4 Å². The van der Waals surface area contributed by atoms with Gasteiger partial charge in [0.05, 0.1) is 5.69 Å². The average Bonchev–Trinajstić information content (AvgIpc) is 2.84. The third kappa shape index (κ3) is 2.35. The Bertz CT molecular complexity index is 522. The molecule has 0 aliphatic rings. The van der Waals surface area contributed by atoms with Crippen LogP contribution in [0.1, 0.15) is 33.3 Å². The lowest BCUT2D eigenvalue weighted by molar-refractivity contribution is 0.0941. The Balaban J connectivity index is 2.02. The Labute approximate surface area is 98.0 Å². The molecule has 0 unspecified atom stereocenters. The lowest BCUT2D eigenvalue weighted by Gasteiger charge is -2.01. The van der Waals surface area contributed by atoms with Crippen molar-refractivity contribution < 1.29 is 13.8 Å². The summed E-state index contributed by atoms with van der Waals surface area (Å²) in [4.78, 5) is 11.7. The highest BCUT2D eigenvalue weighted by Gasteiger charge is 2.13. The minimum Gasteiger partial charge on any atom is -0.361 e. The van der Waals surface area contributed by atoms with Crippen molar-refractivity contribution >= 4 is 5.91 Å². The van der Waals surface area contributed by atoms with Crippen LogP contribution in [-0.4, -0.2) is 16.2 Å². The van der Waals surface area contributed by atoms with Crippen LogP contribution in [0, 0.1) is 20.8 Å². The zero-order valence-electron chi connectivity index (χ0n) is 9.90. The molecule has 90 valence electrons. The van der Waals surface area contributed by atoms with E-state index < -0.39 is 0 Å². The number of nitrogens with one attached hydrogen (secondary N) is 1.